The molecule has 0 spiro atoms. The second-order valence-electron chi connectivity index (χ2n) is 7.59. The molecule has 1 aliphatic rings. The van der Waals surface area contributed by atoms with Gasteiger partial charge in [0, 0.05) is 38.3 Å². The summed E-state index contributed by atoms with van der Waals surface area (Å²) in [4.78, 5) is 39.4. The van der Waals surface area contributed by atoms with Gasteiger partial charge in [0.1, 0.15) is 5.75 Å². The summed E-state index contributed by atoms with van der Waals surface area (Å²) in [7, 11) is 3.11. The normalized spacial score (nSPS) is 21.4. The van der Waals surface area contributed by atoms with E-state index in [0.29, 0.717) is 17.2 Å². The number of thioether (sulfide) groups is 1. The van der Waals surface area contributed by atoms with Gasteiger partial charge in [-0.05, 0) is 23.8 Å². The standard InChI is InChI=1S/C24H27NO9S/c1-13(26)31-21-12-35-24(23(33-15(3)28)22(21)32-14(2)27)34-18-8-17(10-25-11-18)16-6-7-19(29-4)20(9-16)30-5/h6-11,21-24H,12H2,1-5H3/t21-,22+,23-,24+/m1/s1. The first kappa shape index (κ1) is 26.1. The lowest BCUT2D eigenvalue weighted by Crippen LogP contribution is -2.55. The number of carbonyl (C=O) groups excluding carboxylic acids is 3. The van der Waals surface area contributed by atoms with E-state index in [4.69, 9.17) is 28.4 Å². The van der Waals surface area contributed by atoms with E-state index >= 15 is 0 Å². The van der Waals surface area contributed by atoms with E-state index in [1.807, 2.05) is 12.1 Å². The molecule has 188 valence electrons. The van der Waals surface area contributed by atoms with Gasteiger partial charge in [0.25, 0.3) is 0 Å². The van der Waals surface area contributed by atoms with Crippen LogP contribution in [0.25, 0.3) is 11.1 Å². The number of hydrogen-bond donors (Lipinski definition) is 0. The van der Waals surface area contributed by atoms with Crippen LogP contribution < -0.4 is 14.2 Å². The van der Waals surface area contributed by atoms with Crippen molar-refractivity contribution in [2.45, 2.75) is 44.5 Å². The highest BCUT2D eigenvalue weighted by atomic mass is 32.2. The van der Waals surface area contributed by atoms with Crippen molar-refractivity contribution >= 4 is 29.7 Å². The Bertz CT molecular complexity index is 1080. The number of hydrogen-bond acceptors (Lipinski definition) is 11. The van der Waals surface area contributed by atoms with Crippen LogP contribution in [0, 0.1) is 0 Å². The number of ether oxygens (including phenoxy) is 6. The summed E-state index contributed by atoms with van der Waals surface area (Å²) in [6.45, 7) is 3.72. The molecule has 0 aliphatic carbocycles. The number of benzene rings is 1. The fraction of sp³-hybridized carbons (Fsp3) is 0.417. The van der Waals surface area contributed by atoms with E-state index < -0.39 is 41.7 Å². The third-order valence-corrected chi connectivity index (χ3v) is 6.20. The van der Waals surface area contributed by atoms with Crippen molar-refractivity contribution in [3.05, 3.63) is 36.7 Å². The average Bonchev–Trinajstić information content (AvgIpc) is 2.81. The fourth-order valence-electron chi connectivity index (χ4n) is 3.60. The molecule has 3 rings (SSSR count). The summed E-state index contributed by atoms with van der Waals surface area (Å²) in [5.41, 5.74) is 0.821. The summed E-state index contributed by atoms with van der Waals surface area (Å²) in [5, 5.41) is 0. The van der Waals surface area contributed by atoms with Gasteiger partial charge in [-0.1, -0.05) is 6.07 Å². The lowest BCUT2D eigenvalue weighted by Gasteiger charge is -2.39. The predicted octanol–water partition coefficient (Wildman–Crippen LogP) is 3.01. The largest absolute Gasteiger partial charge is 0.493 e. The molecule has 1 aromatic heterocycles. The molecular weight excluding hydrogens is 478 g/mol. The quantitative estimate of drug-likeness (QED) is 0.389. The van der Waals surface area contributed by atoms with Crippen molar-refractivity contribution in [1.82, 2.24) is 4.98 Å². The van der Waals surface area contributed by atoms with E-state index in [1.165, 1.54) is 38.7 Å². The Hall–Kier alpha value is -3.47. The van der Waals surface area contributed by atoms with Crippen LogP contribution >= 0.6 is 11.8 Å². The third kappa shape index (κ3) is 6.78. The van der Waals surface area contributed by atoms with Gasteiger partial charge in [-0.2, -0.15) is 0 Å². The van der Waals surface area contributed by atoms with Gasteiger partial charge in [-0.25, -0.2) is 0 Å². The highest BCUT2D eigenvalue weighted by Crippen LogP contribution is 2.36. The fourth-order valence-corrected chi connectivity index (χ4v) is 4.82. The number of esters is 3. The topological polar surface area (TPSA) is 119 Å². The van der Waals surface area contributed by atoms with Crippen molar-refractivity contribution in [2.24, 2.45) is 0 Å². The first-order chi connectivity index (χ1) is 16.7. The highest BCUT2D eigenvalue weighted by Gasteiger charge is 2.47. The molecule has 0 amide bonds. The zero-order valence-electron chi connectivity index (χ0n) is 20.0. The number of carbonyl (C=O) groups is 3. The molecule has 0 saturated carbocycles. The first-order valence-electron chi connectivity index (χ1n) is 10.7. The molecule has 0 radical (unpaired) electrons. The van der Waals surface area contributed by atoms with Gasteiger partial charge in [0.05, 0.1) is 20.4 Å². The monoisotopic (exact) mass is 505 g/mol. The Morgan fingerprint density at radius 3 is 2.11 bits per heavy atom. The van der Waals surface area contributed by atoms with Crippen LogP contribution in [0.15, 0.2) is 36.7 Å². The second-order valence-corrected chi connectivity index (χ2v) is 8.73. The highest BCUT2D eigenvalue weighted by molar-refractivity contribution is 7.99. The van der Waals surface area contributed by atoms with Gasteiger partial charge in [-0.15, -0.1) is 11.8 Å². The number of aromatic nitrogens is 1. The minimum atomic E-state index is -1.03. The van der Waals surface area contributed by atoms with Crippen LogP contribution in [-0.4, -0.2) is 66.6 Å². The second kappa shape index (κ2) is 11.8. The summed E-state index contributed by atoms with van der Waals surface area (Å²) < 4.78 is 33.0. The van der Waals surface area contributed by atoms with E-state index in [2.05, 4.69) is 4.98 Å². The molecular formula is C24H27NO9S. The SMILES string of the molecule is COc1ccc(-c2cncc(O[C@H]3SC[C@@H](OC(C)=O)[C@H](OC(C)=O)[C@H]3OC(C)=O)c2)cc1OC. The number of rotatable bonds is 8. The average molecular weight is 506 g/mol. The molecule has 1 aliphatic heterocycles. The van der Waals surface area contributed by atoms with Crippen LogP contribution in [0.4, 0.5) is 0 Å². The zero-order valence-corrected chi connectivity index (χ0v) is 20.8. The molecule has 1 saturated heterocycles. The van der Waals surface area contributed by atoms with Gasteiger partial charge in [0.15, 0.2) is 35.2 Å². The minimum Gasteiger partial charge on any atom is -0.493 e. The Balaban J connectivity index is 1.88. The Morgan fingerprint density at radius 1 is 0.829 bits per heavy atom. The van der Waals surface area contributed by atoms with E-state index in [1.54, 1.807) is 32.5 Å². The molecule has 2 aromatic rings. The maximum Gasteiger partial charge on any atom is 0.303 e. The van der Waals surface area contributed by atoms with Gasteiger partial charge in [-0.3, -0.25) is 19.4 Å². The summed E-state index contributed by atoms with van der Waals surface area (Å²) in [6.07, 6.45) is 0.332. The third-order valence-electron chi connectivity index (χ3n) is 4.99. The van der Waals surface area contributed by atoms with Crippen LogP contribution in [0.3, 0.4) is 0 Å². The molecule has 11 heteroatoms. The van der Waals surface area contributed by atoms with Crippen molar-refractivity contribution < 1.29 is 42.8 Å². The Morgan fingerprint density at radius 2 is 1.49 bits per heavy atom. The van der Waals surface area contributed by atoms with Crippen LogP contribution in [0.1, 0.15) is 20.8 Å². The maximum absolute atomic E-state index is 11.9. The first-order valence-corrected chi connectivity index (χ1v) is 11.7. The van der Waals surface area contributed by atoms with Gasteiger partial charge in [0.2, 0.25) is 0 Å². The number of methoxy groups -OCH3 is 2. The molecule has 10 nitrogen and oxygen atoms in total. The predicted molar refractivity (Wildman–Crippen MR) is 126 cm³/mol. The summed E-state index contributed by atoms with van der Waals surface area (Å²) in [5.74, 6) is 0.0881. The summed E-state index contributed by atoms with van der Waals surface area (Å²) in [6, 6.07) is 7.24. The van der Waals surface area contributed by atoms with E-state index in [0.717, 1.165) is 11.1 Å². The molecule has 0 N–H and O–H groups in total. The molecule has 1 aromatic carbocycles. The smallest absolute Gasteiger partial charge is 0.303 e. The Kier molecular flexibility index (Phi) is 8.80. The van der Waals surface area contributed by atoms with Crippen molar-refractivity contribution in [3.63, 3.8) is 0 Å². The molecule has 2 heterocycles. The molecule has 0 bridgehead atoms. The Labute approximate surface area is 207 Å². The van der Waals surface area contributed by atoms with Crippen molar-refractivity contribution in [3.8, 4) is 28.4 Å². The maximum atomic E-state index is 11.9. The van der Waals surface area contributed by atoms with Gasteiger partial charge < -0.3 is 28.4 Å². The van der Waals surface area contributed by atoms with E-state index in [9.17, 15) is 14.4 Å². The van der Waals surface area contributed by atoms with Crippen LogP contribution in [0.2, 0.25) is 0 Å². The van der Waals surface area contributed by atoms with E-state index in [-0.39, 0.29) is 5.75 Å². The number of pyridine rings is 1. The molecule has 0 unspecified atom stereocenters. The zero-order chi connectivity index (χ0) is 25.5. The van der Waals surface area contributed by atoms with Crippen LogP contribution in [-0.2, 0) is 28.6 Å². The minimum absolute atomic E-state index is 0.267. The molecule has 35 heavy (non-hydrogen) atoms. The lowest BCUT2D eigenvalue weighted by molar-refractivity contribution is -0.186. The molecule has 4 atom stereocenters. The van der Waals surface area contributed by atoms with Crippen molar-refractivity contribution in [1.29, 1.82) is 0 Å². The van der Waals surface area contributed by atoms with Gasteiger partial charge >= 0.3 is 17.9 Å². The van der Waals surface area contributed by atoms with Crippen LogP contribution in [0.5, 0.6) is 17.2 Å². The number of nitrogens with zero attached hydrogens (tertiary/aromatic N) is 1. The van der Waals surface area contributed by atoms with Crippen molar-refractivity contribution in [2.75, 3.05) is 20.0 Å². The lowest BCUT2D eigenvalue weighted by atomic mass is 10.1. The summed E-state index contributed by atoms with van der Waals surface area (Å²) >= 11 is 1.27. The molecule has 1 fully saturated rings.